The molecule has 0 aliphatic carbocycles. The van der Waals surface area contributed by atoms with E-state index in [0.29, 0.717) is 19.0 Å². The summed E-state index contributed by atoms with van der Waals surface area (Å²) in [5, 5.41) is 8.70. The molecule has 1 aromatic heterocycles. The largest absolute Gasteiger partial charge is 0.352 e. The number of aromatic nitrogens is 2. The van der Waals surface area contributed by atoms with Gasteiger partial charge in [-0.3, -0.25) is 0 Å². The maximum atomic E-state index is 13.5. The Balaban J connectivity index is 1.47. The minimum Gasteiger partial charge on any atom is -0.352 e. The summed E-state index contributed by atoms with van der Waals surface area (Å²) in [6.07, 6.45) is 4.07. The summed E-state index contributed by atoms with van der Waals surface area (Å²) < 4.78 is 13.5. The van der Waals surface area contributed by atoms with E-state index in [9.17, 15) is 9.18 Å². The summed E-state index contributed by atoms with van der Waals surface area (Å²) in [7, 11) is 0. The molecule has 2 amide bonds. The minimum absolute atomic E-state index is 0.164. The standard InChI is InChI=1S/C16H18FN5OS/c17-11-2-3-14-12(10-11)13(4-9-24-14)22-16(23)21-8-7-20-15-18-5-1-6-19-15/h1-3,5-6,10,13H,4,7-9H2,(H,18,19,20)(H2,21,22,23)/t13-/m0/s1. The summed E-state index contributed by atoms with van der Waals surface area (Å²) in [6, 6.07) is 6.03. The molecule has 24 heavy (non-hydrogen) atoms. The van der Waals surface area contributed by atoms with Crippen molar-refractivity contribution in [2.75, 3.05) is 24.2 Å². The molecule has 3 N–H and O–H groups in total. The number of thioether (sulfide) groups is 1. The molecule has 1 aliphatic rings. The lowest BCUT2D eigenvalue weighted by molar-refractivity contribution is 0.237. The fourth-order valence-electron chi connectivity index (χ4n) is 2.47. The van der Waals surface area contributed by atoms with Gasteiger partial charge in [0.1, 0.15) is 5.82 Å². The average molecular weight is 347 g/mol. The molecule has 8 heteroatoms. The average Bonchev–Trinajstić information content (AvgIpc) is 2.60. The molecule has 0 fully saturated rings. The SMILES string of the molecule is O=C(NCCNc1ncccn1)N[C@H]1CCSc2ccc(F)cc21. The zero-order valence-corrected chi connectivity index (χ0v) is 13.8. The van der Waals surface area contributed by atoms with Gasteiger partial charge in [-0.25, -0.2) is 19.2 Å². The number of fused-ring (bicyclic) bond motifs is 1. The van der Waals surface area contributed by atoms with Gasteiger partial charge in [0, 0.05) is 36.1 Å². The Kier molecular flexibility index (Phi) is 5.47. The Morgan fingerprint density at radius 3 is 2.96 bits per heavy atom. The first kappa shape index (κ1) is 16.5. The van der Waals surface area contributed by atoms with Crippen molar-refractivity contribution in [3.8, 4) is 0 Å². The normalized spacial score (nSPS) is 16.1. The van der Waals surface area contributed by atoms with Gasteiger partial charge >= 0.3 is 6.03 Å². The topological polar surface area (TPSA) is 78.9 Å². The summed E-state index contributed by atoms with van der Waals surface area (Å²) in [5.41, 5.74) is 0.845. The molecular formula is C16H18FN5OS. The molecular weight excluding hydrogens is 329 g/mol. The summed E-state index contributed by atoms with van der Waals surface area (Å²) in [4.78, 5) is 21.1. The van der Waals surface area contributed by atoms with Crippen molar-refractivity contribution in [1.82, 2.24) is 20.6 Å². The predicted molar refractivity (Wildman–Crippen MR) is 91.5 cm³/mol. The Morgan fingerprint density at radius 1 is 1.29 bits per heavy atom. The quantitative estimate of drug-likeness (QED) is 0.725. The van der Waals surface area contributed by atoms with Crippen LogP contribution in [-0.2, 0) is 0 Å². The third-order valence-corrected chi connectivity index (χ3v) is 4.70. The van der Waals surface area contributed by atoms with Crippen LogP contribution in [0.1, 0.15) is 18.0 Å². The highest BCUT2D eigenvalue weighted by atomic mass is 32.2. The van der Waals surface area contributed by atoms with E-state index in [0.717, 1.165) is 22.6 Å². The summed E-state index contributed by atoms with van der Waals surface area (Å²) in [5.74, 6) is 1.14. The molecule has 0 radical (unpaired) electrons. The zero-order valence-electron chi connectivity index (χ0n) is 13.0. The van der Waals surface area contributed by atoms with E-state index in [1.165, 1.54) is 12.1 Å². The molecule has 1 atom stereocenters. The van der Waals surface area contributed by atoms with E-state index in [1.807, 2.05) is 0 Å². The Bertz CT molecular complexity index is 700. The second-order valence-corrected chi connectivity index (χ2v) is 6.41. The molecule has 0 saturated heterocycles. The number of amides is 2. The number of nitrogens with one attached hydrogen (secondary N) is 3. The molecule has 6 nitrogen and oxygen atoms in total. The van der Waals surface area contributed by atoms with Gasteiger partial charge < -0.3 is 16.0 Å². The molecule has 1 aromatic carbocycles. The third kappa shape index (κ3) is 4.35. The van der Waals surface area contributed by atoms with Crippen LogP contribution in [-0.4, -0.2) is 34.8 Å². The Hall–Kier alpha value is -2.35. The van der Waals surface area contributed by atoms with Crippen molar-refractivity contribution in [2.45, 2.75) is 17.4 Å². The van der Waals surface area contributed by atoms with E-state index in [-0.39, 0.29) is 17.9 Å². The van der Waals surface area contributed by atoms with Crippen molar-refractivity contribution >= 4 is 23.7 Å². The minimum atomic E-state index is -0.282. The van der Waals surface area contributed by atoms with Gasteiger partial charge in [-0.1, -0.05) is 0 Å². The smallest absolute Gasteiger partial charge is 0.315 e. The molecule has 0 bridgehead atoms. The number of anilines is 1. The number of urea groups is 1. The lowest BCUT2D eigenvalue weighted by atomic mass is 10.0. The van der Waals surface area contributed by atoms with Crippen molar-refractivity contribution in [3.63, 3.8) is 0 Å². The first-order valence-corrected chi connectivity index (χ1v) is 8.68. The van der Waals surface area contributed by atoms with Crippen LogP contribution < -0.4 is 16.0 Å². The zero-order chi connectivity index (χ0) is 16.8. The summed E-state index contributed by atoms with van der Waals surface area (Å²) >= 11 is 1.69. The van der Waals surface area contributed by atoms with E-state index < -0.39 is 0 Å². The molecule has 3 rings (SSSR count). The van der Waals surface area contributed by atoms with Crippen LogP contribution in [0.2, 0.25) is 0 Å². The molecule has 126 valence electrons. The van der Waals surface area contributed by atoms with Gasteiger partial charge in [-0.05, 0) is 36.2 Å². The second-order valence-electron chi connectivity index (χ2n) is 5.27. The molecule has 0 unspecified atom stereocenters. The van der Waals surface area contributed by atoms with Crippen molar-refractivity contribution in [3.05, 3.63) is 48.0 Å². The number of hydrogen-bond acceptors (Lipinski definition) is 5. The van der Waals surface area contributed by atoms with E-state index in [2.05, 4.69) is 25.9 Å². The highest BCUT2D eigenvalue weighted by Crippen LogP contribution is 2.36. The molecule has 0 spiro atoms. The summed E-state index contributed by atoms with van der Waals surface area (Å²) in [6.45, 7) is 0.949. The van der Waals surface area contributed by atoms with E-state index >= 15 is 0 Å². The Labute approximate surface area is 143 Å². The van der Waals surface area contributed by atoms with E-state index in [1.54, 1.807) is 36.3 Å². The van der Waals surface area contributed by atoms with Crippen LogP contribution in [0, 0.1) is 5.82 Å². The molecule has 1 aliphatic heterocycles. The lowest BCUT2D eigenvalue weighted by Crippen LogP contribution is -2.40. The lowest BCUT2D eigenvalue weighted by Gasteiger charge is -2.26. The highest BCUT2D eigenvalue weighted by Gasteiger charge is 2.22. The number of halogens is 1. The number of nitrogens with zero attached hydrogens (tertiary/aromatic N) is 2. The first-order valence-electron chi connectivity index (χ1n) is 7.70. The second kappa shape index (κ2) is 7.96. The molecule has 2 aromatic rings. The highest BCUT2D eigenvalue weighted by molar-refractivity contribution is 7.99. The van der Waals surface area contributed by atoms with Gasteiger partial charge in [0.05, 0.1) is 6.04 Å². The van der Waals surface area contributed by atoms with Crippen molar-refractivity contribution in [1.29, 1.82) is 0 Å². The molecule has 2 heterocycles. The van der Waals surface area contributed by atoms with Crippen LogP contribution in [0.15, 0.2) is 41.6 Å². The van der Waals surface area contributed by atoms with Crippen LogP contribution >= 0.6 is 11.8 Å². The van der Waals surface area contributed by atoms with Crippen LogP contribution in [0.4, 0.5) is 15.1 Å². The van der Waals surface area contributed by atoms with Gasteiger partial charge in [-0.2, -0.15) is 0 Å². The fraction of sp³-hybridized carbons (Fsp3) is 0.312. The van der Waals surface area contributed by atoms with Crippen LogP contribution in [0.25, 0.3) is 0 Å². The number of benzene rings is 1. The van der Waals surface area contributed by atoms with Crippen LogP contribution in [0.5, 0.6) is 0 Å². The Morgan fingerprint density at radius 2 is 2.12 bits per heavy atom. The van der Waals surface area contributed by atoms with Crippen LogP contribution in [0.3, 0.4) is 0 Å². The van der Waals surface area contributed by atoms with Gasteiger partial charge in [0.15, 0.2) is 0 Å². The predicted octanol–water partition coefficient (Wildman–Crippen LogP) is 2.56. The van der Waals surface area contributed by atoms with Gasteiger partial charge in [-0.15, -0.1) is 11.8 Å². The maximum absolute atomic E-state index is 13.5. The first-order chi connectivity index (χ1) is 11.7. The maximum Gasteiger partial charge on any atom is 0.315 e. The molecule has 0 saturated carbocycles. The van der Waals surface area contributed by atoms with Crippen molar-refractivity contribution < 1.29 is 9.18 Å². The van der Waals surface area contributed by atoms with Gasteiger partial charge in [0.25, 0.3) is 0 Å². The van der Waals surface area contributed by atoms with E-state index in [4.69, 9.17) is 0 Å². The number of rotatable bonds is 5. The monoisotopic (exact) mass is 347 g/mol. The third-order valence-electron chi connectivity index (χ3n) is 3.58. The number of hydrogen-bond donors (Lipinski definition) is 3. The van der Waals surface area contributed by atoms with Gasteiger partial charge in [0.2, 0.25) is 5.95 Å². The number of carbonyl (C=O) groups is 1. The van der Waals surface area contributed by atoms with Crippen molar-refractivity contribution in [2.24, 2.45) is 0 Å². The fourth-order valence-corrected chi connectivity index (χ4v) is 3.57. The number of carbonyl (C=O) groups excluding carboxylic acids is 1.